The van der Waals surface area contributed by atoms with Gasteiger partial charge in [-0.05, 0) is 0 Å². The van der Waals surface area contributed by atoms with Gasteiger partial charge in [0.05, 0.1) is 5.69 Å². The molecule has 2 aromatic rings. The quantitative estimate of drug-likeness (QED) is 0.702. The molecule has 2 aromatic heterocycles. The first-order chi connectivity index (χ1) is 5.90. The van der Waals surface area contributed by atoms with E-state index < -0.39 is 0 Å². The molecule has 0 saturated carbocycles. The first-order valence-electron chi connectivity index (χ1n) is 3.40. The lowest BCUT2D eigenvalue weighted by molar-refractivity contribution is 1.01. The van der Waals surface area contributed by atoms with Gasteiger partial charge in [-0.15, -0.1) is 11.3 Å². The van der Waals surface area contributed by atoms with Crippen molar-refractivity contribution in [3.63, 3.8) is 0 Å². The van der Waals surface area contributed by atoms with E-state index >= 15 is 0 Å². The van der Waals surface area contributed by atoms with Crippen LogP contribution in [0, 0.1) is 0 Å². The maximum atomic E-state index is 5.41. The lowest BCUT2D eigenvalue weighted by Gasteiger charge is -1.85. The van der Waals surface area contributed by atoms with Crippen LogP contribution in [-0.2, 0) is 6.54 Å². The maximum absolute atomic E-state index is 5.41. The van der Waals surface area contributed by atoms with E-state index in [9.17, 15) is 0 Å². The van der Waals surface area contributed by atoms with E-state index in [4.69, 9.17) is 5.73 Å². The summed E-state index contributed by atoms with van der Waals surface area (Å²) in [7, 11) is 0. The van der Waals surface area contributed by atoms with Gasteiger partial charge >= 0.3 is 0 Å². The van der Waals surface area contributed by atoms with Crippen LogP contribution < -0.4 is 5.73 Å². The predicted octanol–water partition coefficient (Wildman–Crippen LogP) is 0.387. The van der Waals surface area contributed by atoms with Crippen molar-refractivity contribution in [3.8, 4) is 10.8 Å². The fourth-order valence-electron chi connectivity index (χ4n) is 0.818. The summed E-state index contributed by atoms with van der Waals surface area (Å²) >= 11 is 1.51. The Morgan fingerprint density at radius 2 is 2.50 bits per heavy atom. The lowest BCUT2D eigenvalue weighted by Crippen LogP contribution is -1.95. The van der Waals surface area contributed by atoms with Crippen molar-refractivity contribution >= 4 is 11.3 Å². The molecule has 0 fully saturated rings. The number of H-pyrrole nitrogens is 1. The van der Waals surface area contributed by atoms with Crippen molar-refractivity contribution in [2.24, 2.45) is 5.73 Å². The molecule has 0 amide bonds. The summed E-state index contributed by atoms with van der Waals surface area (Å²) < 4.78 is 0. The van der Waals surface area contributed by atoms with Gasteiger partial charge in [-0.3, -0.25) is 5.10 Å². The Kier molecular flexibility index (Phi) is 1.84. The highest BCUT2D eigenvalue weighted by atomic mass is 32.1. The molecule has 62 valence electrons. The minimum absolute atomic E-state index is 0.463. The zero-order valence-electron chi connectivity index (χ0n) is 6.19. The first kappa shape index (κ1) is 7.38. The molecule has 0 aliphatic heterocycles. The average molecular weight is 181 g/mol. The Labute approximate surface area is 72.7 Å². The summed E-state index contributed by atoms with van der Waals surface area (Å²) in [5, 5.41) is 9.21. The van der Waals surface area contributed by atoms with E-state index in [1.165, 1.54) is 17.7 Å². The van der Waals surface area contributed by atoms with E-state index in [1.807, 2.05) is 5.38 Å². The predicted molar refractivity (Wildman–Crippen MR) is 45.4 cm³/mol. The highest BCUT2D eigenvalue weighted by molar-refractivity contribution is 7.13. The molecule has 0 spiro atoms. The molecule has 0 saturated heterocycles. The zero-order chi connectivity index (χ0) is 8.39. The van der Waals surface area contributed by atoms with Crippen molar-refractivity contribution in [2.75, 3.05) is 0 Å². The van der Waals surface area contributed by atoms with Crippen LogP contribution in [0.15, 0.2) is 11.7 Å². The summed E-state index contributed by atoms with van der Waals surface area (Å²) in [6.07, 6.45) is 1.46. The molecular formula is C6H7N5S. The van der Waals surface area contributed by atoms with Gasteiger partial charge in [-0.2, -0.15) is 5.10 Å². The minimum Gasteiger partial charge on any atom is -0.325 e. The molecule has 0 aliphatic carbocycles. The second-order valence-corrected chi connectivity index (χ2v) is 3.04. The smallest absolute Gasteiger partial charge is 0.184 e. The van der Waals surface area contributed by atoms with Crippen LogP contribution in [0.1, 0.15) is 5.69 Å². The number of thiazole rings is 1. The monoisotopic (exact) mass is 181 g/mol. The summed E-state index contributed by atoms with van der Waals surface area (Å²) in [6.45, 7) is 0.463. The van der Waals surface area contributed by atoms with Gasteiger partial charge in [-0.25, -0.2) is 9.97 Å². The molecule has 12 heavy (non-hydrogen) atoms. The molecule has 3 N–H and O–H groups in total. The van der Waals surface area contributed by atoms with Crippen LogP contribution in [0.2, 0.25) is 0 Å². The van der Waals surface area contributed by atoms with Crippen LogP contribution in [-0.4, -0.2) is 20.2 Å². The summed E-state index contributed by atoms with van der Waals surface area (Å²) in [6, 6.07) is 0. The van der Waals surface area contributed by atoms with E-state index in [0.717, 1.165) is 10.7 Å². The summed E-state index contributed by atoms with van der Waals surface area (Å²) in [4.78, 5) is 8.21. The van der Waals surface area contributed by atoms with E-state index in [2.05, 4.69) is 20.2 Å². The van der Waals surface area contributed by atoms with E-state index in [1.54, 1.807) is 0 Å². The molecule has 0 aromatic carbocycles. The molecule has 6 heteroatoms. The Bertz CT molecular complexity index is 352. The van der Waals surface area contributed by atoms with Gasteiger partial charge in [0.25, 0.3) is 0 Å². The molecule has 0 radical (unpaired) electrons. The van der Waals surface area contributed by atoms with Gasteiger partial charge in [0.2, 0.25) is 0 Å². The third-order valence-electron chi connectivity index (χ3n) is 1.38. The van der Waals surface area contributed by atoms with Crippen LogP contribution in [0.25, 0.3) is 10.8 Å². The van der Waals surface area contributed by atoms with Gasteiger partial charge in [0.1, 0.15) is 6.33 Å². The van der Waals surface area contributed by atoms with E-state index in [0.29, 0.717) is 12.4 Å². The zero-order valence-corrected chi connectivity index (χ0v) is 7.01. The molecule has 2 rings (SSSR count). The third kappa shape index (κ3) is 1.21. The Morgan fingerprint density at radius 3 is 3.08 bits per heavy atom. The molecule has 0 unspecified atom stereocenters. The molecule has 5 nitrogen and oxygen atoms in total. The normalized spacial score (nSPS) is 10.4. The van der Waals surface area contributed by atoms with Gasteiger partial charge in [-0.1, -0.05) is 0 Å². The van der Waals surface area contributed by atoms with Crippen molar-refractivity contribution in [1.82, 2.24) is 20.2 Å². The van der Waals surface area contributed by atoms with E-state index in [-0.39, 0.29) is 0 Å². The standard InChI is InChI=1S/C6H7N5S/c7-1-4-2-12-6(10-4)5-8-3-9-11-5/h2-3H,1,7H2,(H,8,9,11). The molecule has 0 bridgehead atoms. The number of aromatic nitrogens is 4. The molecule has 2 heterocycles. The number of nitrogens with two attached hydrogens (primary N) is 1. The largest absolute Gasteiger partial charge is 0.325 e. The minimum atomic E-state index is 0.463. The second kappa shape index (κ2) is 3.00. The SMILES string of the molecule is NCc1csc(-c2ncn[nH]2)n1. The number of hydrogen-bond donors (Lipinski definition) is 2. The number of nitrogens with one attached hydrogen (secondary N) is 1. The van der Waals surface area contributed by atoms with Crippen LogP contribution in [0.4, 0.5) is 0 Å². The highest BCUT2D eigenvalue weighted by Gasteiger charge is 2.04. The topological polar surface area (TPSA) is 80.5 Å². The number of nitrogens with zero attached hydrogens (tertiary/aromatic N) is 3. The van der Waals surface area contributed by atoms with Crippen molar-refractivity contribution in [2.45, 2.75) is 6.54 Å². The Balaban J connectivity index is 2.35. The average Bonchev–Trinajstić information content (AvgIpc) is 2.75. The number of aromatic amines is 1. The second-order valence-electron chi connectivity index (χ2n) is 2.18. The summed E-state index contributed by atoms with van der Waals surface area (Å²) in [5.41, 5.74) is 6.30. The third-order valence-corrected chi connectivity index (χ3v) is 2.28. The van der Waals surface area contributed by atoms with Crippen LogP contribution >= 0.6 is 11.3 Å². The van der Waals surface area contributed by atoms with Crippen molar-refractivity contribution < 1.29 is 0 Å². The van der Waals surface area contributed by atoms with Crippen molar-refractivity contribution in [3.05, 3.63) is 17.4 Å². The number of rotatable bonds is 2. The fourth-order valence-corrected chi connectivity index (χ4v) is 1.59. The van der Waals surface area contributed by atoms with Crippen LogP contribution in [0.3, 0.4) is 0 Å². The fraction of sp³-hybridized carbons (Fsp3) is 0.167. The molecule has 0 aliphatic rings. The van der Waals surface area contributed by atoms with Gasteiger partial charge in [0.15, 0.2) is 10.8 Å². The molecule has 0 atom stereocenters. The lowest BCUT2D eigenvalue weighted by atomic mass is 10.5. The van der Waals surface area contributed by atoms with Crippen LogP contribution in [0.5, 0.6) is 0 Å². The maximum Gasteiger partial charge on any atom is 0.184 e. The first-order valence-corrected chi connectivity index (χ1v) is 4.28. The Hall–Kier alpha value is -1.27. The van der Waals surface area contributed by atoms with Crippen molar-refractivity contribution in [1.29, 1.82) is 0 Å². The molecular weight excluding hydrogens is 174 g/mol. The van der Waals surface area contributed by atoms with Gasteiger partial charge in [0, 0.05) is 11.9 Å². The highest BCUT2D eigenvalue weighted by Crippen LogP contribution is 2.18. The number of hydrogen-bond acceptors (Lipinski definition) is 5. The summed E-state index contributed by atoms with van der Waals surface area (Å²) in [5.74, 6) is 0.694. The Morgan fingerprint density at radius 1 is 1.58 bits per heavy atom. The van der Waals surface area contributed by atoms with Gasteiger partial charge < -0.3 is 5.73 Å².